The first-order valence-corrected chi connectivity index (χ1v) is 8.60. The number of likely N-dealkylation sites (N-methyl/N-ethyl adjacent to an activating group) is 1. The average molecular weight is 338 g/mol. The van der Waals surface area contributed by atoms with E-state index >= 15 is 0 Å². The van der Waals surface area contributed by atoms with Crippen LogP contribution < -0.4 is 0 Å². The molecular weight excluding hydrogens is 316 g/mol. The molecule has 1 atom stereocenters. The molecule has 0 aromatic carbocycles. The van der Waals surface area contributed by atoms with Crippen LogP contribution in [0.15, 0.2) is 30.6 Å². The number of aromatic nitrogens is 4. The maximum Gasteiger partial charge on any atom is 0.242 e. The van der Waals surface area contributed by atoms with E-state index in [1.54, 1.807) is 12.4 Å². The first-order chi connectivity index (χ1) is 12.1. The van der Waals surface area contributed by atoms with E-state index in [1.807, 2.05) is 31.0 Å². The van der Waals surface area contributed by atoms with Crippen LogP contribution in [0, 0.1) is 6.92 Å². The number of hydrogen-bond acceptors (Lipinski definition) is 5. The van der Waals surface area contributed by atoms with Gasteiger partial charge in [0.05, 0.1) is 13.1 Å². The number of amides is 1. The van der Waals surface area contributed by atoms with Gasteiger partial charge in [-0.05, 0) is 43.7 Å². The van der Waals surface area contributed by atoms with Crippen LogP contribution in [-0.4, -0.2) is 61.6 Å². The van der Waals surface area contributed by atoms with E-state index in [0.717, 1.165) is 30.2 Å². The smallest absolute Gasteiger partial charge is 0.242 e. The normalized spacial score (nSPS) is 21.0. The molecule has 1 unspecified atom stereocenters. The minimum atomic E-state index is -0.168. The van der Waals surface area contributed by atoms with Crippen molar-refractivity contribution in [1.29, 1.82) is 0 Å². The highest BCUT2D eigenvalue weighted by Crippen LogP contribution is 2.23. The van der Waals surface area contributed by atoms with E-state index < -0.39 is 0 Å². The number of carbonyl (C=O) groups is 1. The lowest BCUT2D eigenvalue weighted by Gasteiger charge is -2.37. The van der Waals surface area contributed by atoms with Gasteiger partial charge in [0.15, 0.2) is 0 Å². The number of hydrogen-bond donors (Lipinski definition) is 0. The van der Waals surface area contributed by atoms with E-state index in [-0.39, 0.29) is 11.9 Å². The number of nitrogens with zero attached hydrogens (tertiary/aromatic N) is 6. The average Bonchev–Trinajstić information content (AvgIpc) is 3.01. The topological polar surface area (TPSA) is 67.2 Å². The minimum Gasteiger partial charge on any atom is -0.337 e. The molecule has 0 saturated carbocycles. The standard InChI is InChI=1S/C18H22N6O/c1-13-20-21-17-12-22(2)16(11-24(13)17)18(25)23-9-3-4-15(10-23)14-5-7-19-8-6-14/h4-8,16H,3,9-12H2,1-2H3. The van der Waals surface area contributed by atoms with Crippen molar-refractivity contribution < 1.29 is 4.79 Å². The number of fused-ring (bicyclic) bond motifs is 1. The number of carbonyl (C=O) groups excluding carboxylic acids is 1. The van der Waals surface area contributed by atoms with Gasteiger partial charge in [-0.2, -0.15) is 0 Å². The van der Waals surface area contributed by atoms with E-state index in [2.05, 4.69) is 30.7 Å². The van der Waals surface area contributed by atoms with Gasteiger partial charge < -0.3 is 9.47 Å². The fourth-order valence-electron chi connectivity index (χ4n) is 3.61. The molecule has 4 heterocycles. The third-order valence-electron chi connectivity index (χ3n) is 5.09. The van der Waals surface area contributed by atoms with Crippen LogP contribution in [-0.2, 0) is 17.9 Å². The molecule has 0 saturated heterocycles. The van der Waals surface area contributed by atoms with Crippen LogP contribution in [0.3, 0.4) is 0 Å². The molecule has 0 fully saturated rings. The summed E-state index contributed by atoms with van der Waals surface area (Å²) in [5.74, 6) is 1.98. The molecule has 1 amide bonds. The molecule has 2 aliphatic heterocycles. The monoisotopic (exact) mass is 338 g/mol. The fraction of sp³-hybridized carbons (Fsp3) is 0.444. The Morgan fingerprint density at radius 2 is 2.00 bits per heavy atom. The SMILES string of the molecule is Cc1nnc2n1CC(C(=O)N1CCC=C(c3ccncc3)C1)N(C)C2. The molecule has 0 bridgehead atoms. The Morgan fingerprint density at radius 1 is 1.20 bits per heavy atom. The summed E-state index contributed by atoms with van der Waals surface area (Å²) in [5.41, 5.74) is 2.34. The second-order valence-corrected chi connectivity index (χ2v) is 6.72. The van der Waals surface area contributed by atoms with Crippen LogP contribution >= 0.6 is 0 Å². The van der Waals surface area contributed by atoms with Crippen molar-refractivity contribution in [3.05, 3.63) is 47.8 Å². The van der Waals surface area contributed by atoms with Crippen LogP contribution in [0.2, 0.25) is 0 Å². The van der Waals surface area contributed by atoms with Crippen LogP contribution in [0.1, 0.15) is 23.6 Å². The first kappa shape index (κ1) is 16.0. The number of pyridine rings is 1. The van der Waals surface area contributed by atoms with E-state index in [9.17, 15) is 4.79 Å². The molecule has 130 valence electrons. The number of aryl methyl sites for hydroxylation is 1. The Labute approximate surface area is 147 Å². The maximum absolute atomic E-state index is 13.2. The zero-order chi connectivity index (χ0) is 17.4. The van der Waals surface area contributed by atoms with E-state index in [4.69, 9.17) is 0 Å². The van der Waals surface area contributed by atoms with Gasteiger partial charge in [-0.1, -0.05) is 6.08 Å². The Kier molecular flexibility index (Phi) is 4.09. The van der Waals surface area contributed by atoms with Gasteiger partial charge in [0.2, 0.25) is 5.91 Å². The molecule has 2 aliphatic rings. The molecule has 0 N–H and O–H groups in total. The van der Waals surface area contributed by atoms with Crippen molar-refractivity contribution in [2.75, 3.05) is 20.1 Å². The second kappa shape index (κ2) is 6.40. The number of rotatable bonds is 2. The highest BCUT2D eigenvalue weighted by atomic mass is 16.2. The predicted molar refractivity (Wildman–Crippen MR) is 93.4 cm³/mol. The van der Waals surface area contributed by atoms with Crippen molar-refractivity contribution in [2.24, 2.45) is 0 Å². The lowest BCUT2D eigenvalue weighted by molar-refractivity contribution is -0.137. The summed E-state index contributed by atoms with van der Waals surface area (Å²) in [7, 11) is 1.99. The molecule has 25 heavy (non-hydrogen) atoms. The Balaban J connectivity index is 1.52. The minimum absolute atomic E-state index is 0.168. The molecule has 0 spiro atoms. The molecule has 2 aromatic rings. The van der Waals surface area contributed by atoms with Crippen molar-refractivity contribution >= 4 is 11.5 Å². The zero-order valence-corrected chi connectivity index (χ0v) is 14.6. The van der Waals surface area contributed by atoms with Gasteiger partial charge in [-0.3, -0.25) is 14.7 Å². The highest BCUT2D eigenvalue weighted by molar-refractivity contribution is 5.84. The van der Waals surface area contributed by atoms with Gasteiger partial charge in [0, 0.05) is 25.5 Å². The van der Waals surface area contributed by atoms with Gasteiger partial charge in [0.1, 0.15) is 17.7 Å². The largest absolute Gasteiger partial charge is 0.337 e. The quantitative estimate of drug-likeness (QED) is 0.821. The summed E-state index contributed by atoms with van der Waals surface area (Å²) in [6.45, 7) is 4.63. The van der Waals surface area contributed by atoms with Crippen LogP contribution in [0.25, 0.3) is 5.57 Å². The summed E-state index contributed by atoms with van der Waals surface area (Å²) in [6, 6.07) is 3.83. The maximum atomic E-state index is 13.2. The second-order valence-electron chi connectivity index (χ2n) is 6.72. The van der Waals surface area contributed by atoms with Crippen molar-refractivity contribution in [1.82, 2.24) is 29.5 Å². The van der Waals surface area contributed by atoms with Crippen LogP contribution in [0.5, 0.6) is 0 Å². The van der Waals surface area contributed by atoms with Crippen molar-refractivity contribution in [3.8, 4) is 0 Å². The molecule has 4 rings (SSSR count). The summed E-state index contributed by atoms with van der Waals surface area (Å²) in [5, 5.41) is 8.33. The molecule has 7 heteroatoms. The van der Waals surface area contributed by atoms with Gasteiger partial charge >= 0.3 is 0 Å². The summed E-state index contributed by atoms with van der Waals surface area (Å²) in [4.78, 5) is 21.3. The molecule has 0 radical (unpaired) electrons. The Bertz CT molecular complexity index is 812. The van der Waals surface area contributed by atoms with Gasteiger partial charge in [-0.15, -0.1) is 10.2 Å². The first-order valence-electron chi connectivity index (χ1n) is 8.60. The van der Waals surface area contributed by atoms with E-state index in [1.165, 1.54) is 5.57 Å². The molecular formula is C18H22N6O. The summed E-state index contributed by atoms with van der Waals surface area (Å²) < 4.78 is 2.06. The van der Waals surface area contributed by atoms with E-state index in [0.29, 0.717) is 19.6 Å². The Morgan fingerprint density at radius 3 is 2.80 bits per heavy atom. The third kappa shape index (κ3) is 2.95. The lowest BCUT2D eigenvalue weighted by Crippen LogP contribution is -2.52. The molecule has 0 aliphatic carbocycles. The van der Waals surface area contributed by atoms with Crippen LogP contribution in [0.4, 0.5) is 0 Å². The predicted octanol–water partition coefficient (Wildman–Crippen LogP) is 1.11. The Hall–Kier alpha value is -2.54. The van der Waals surface area contributed by atoms with Crippen molar-refractivity contribution in [3.63, 3.8) is 0 Å². The summed E-state index contributed by atoms with van der Waals surface area (Å²) >= 11 is 0. The molecule has 2 aromatic heterocycles. The summed E-state index contributed by atoms with van der Waals surface area (Å²) in [6.07, 6.45) is 6.70. The van der Waals surface area contributed by atoms with Crippen molar-refractivity contribution in [2.45, 2.75) is 32.5 Å². The third-order valence-corrected chi connectivity index (χ3v) is 5.09. The highest BCUT2D eigenvalue weighted by Gasteiger charge is 2.34. The fourth-order valence-corrected chi connectivity index (χ4v) is 3.61. The zero-order valence-electron chi connectivity index (χ0n) is 14.6. The van der Waals surface area contributed by atoms with Gasteiger partial charge in [0.25, 0.3) is 0 Å². The molecule has 7 nitrogen and oxygen atoms in total. The lowest BCUT2D eigenvalue weighted by atomic mass is 10.0. The van der Waals surface area contributed by atoms with Gasteiger partial charge in [-0.25, -0.2) is 0 Å².